The van der Waals surface area contributed by atoms with Gasteiger partial charge in [-0.3, -0.25) is 20.9 Å². The summed E-state index contributed by atoms with van der Waals surface area (Å²) < 4.78 is 1.90. The lowest BCUT2D eigenvalue weighted by molar-refractivity contribution is 0.530. The van der Waals surface area contributed by atoms with E-state index in [9.17, 15) is 0 Å². The van der Waals surface area contributed by atoms with Crippen molar-refractivity contribution in [2.45, 2.75) is 12.5 Å². The molecule has 1 aromatic carbocycles. The zero-order valence-corrected chi connectivity index (χ0v) is 11.3. The Morgan fingerprint density at radius 1 is 1.20 bits per heavy atom. The van der Waals surface area contributed by atoms with Gasteiger partial charge in [0.1, 0.15) is 0 Å². The lowest BCUT2D eigenvalue weighted by Crippen LogP contribution is -2.30. The molecule has 2 aromatic heterocycles. The van der Waals surface area contributed by atoms with Crippen molar-refractivity contribution >= 4 is 10.9 Å². The van der Waals surface area contributed by atoms with Gasteiger partial charge in [-0.05, 0) is 18.2 Å². The van der Waals surface area contributed by atoms with Crippen LogP contribution in [0.1, 0.15) is 17.4 Å². The van der Waals surface area contributed by atoms with Gasteiger partial charge < -0.3 is 0 Å². The van der Waals surface area contributed by atoms with Gasteiger partial charge in [0.15, 0.2) is 0 Å². The van der Waals surface area contributed by atoms with Gasteiger partial charge in [0.2, 0.25) is 0 Å². The Bertz CT molecular complexity index is 705. The van der Waals surface area contributed by atoms with Crippen molar-refractivity contribution in [3.05, 3.63) is 60.0 Å². The van der Waals surface area contributed by atoms with Gasteiger partial charge in [0.05, 0.1) is 22.9 Å². The number of nitrogens with zero attached hydrogens (tertiary/aromatic N) is 3. The monoisotopic (exact) mass is 267 g/mol. The highest BCUT2D eigenvalue weighted by Crippen LogP contribution is 2.22. The Kier molecular flexibility index (Phi) is 3.45. The summed E-state index contributed by atoms with van der Waals surface area (Å²) in [4.78, 5) is 4.36. The lowest BCUT2D eigenvalue weighted by Gasteiger charge is -2.13. The van der Waals surface area contributed by atoms with E-state index in [0.29, 0.717) is 6.42 Å². The molecular formula is C15H17N5. The molecule has 5 nitrogen and oxygen atoms in total. The van der Waals surface area contributed by atoms with Crippen LogP contribution in [0.3, 0.4) is 0 Å². The summed E-state index contributed by atoms with van der Waals surface area (Å²) in [6.45, 7) is 0. The lowest BCUT2D eigenvalue weighted by atomic mass is 10.1. The van der Waals surface area contributed by atoms with Crippen LogP contribution < -0.4 is 11.3 Å². The van der Waals surface area contributed by atoms with Crippen molar-refractivity contribution in [2.75, 3.05) is 0 Å². The summed E-state index contributed by atoms with van der Waals surface area (Å²) in [5.74, 6) is 5.68. The van der Waals surface area contributed by atoms with E-state index in [-0.39, 0.29) is 6.04 Å². The van der Waals surface area contributed by atoms with Gasteiger partial charge in [-0.2, -0.15) is 5.10 Å². The number of nitrogens with two attached hydrogens (primary N) is 1. The van der Waals surface area contributed by atoms with E-state index < -0.39 is 0 Å². The molecule has 0 saturated carbocycles. The van der Waals surface area contributed by atoms with Crippen molar-refractivity contribution in [1.82, 2.24) is 20.2 Å². The predicted octanol–water partition coefficient (Wildman–Crippen LogP) is 1.72. The summed E-state index contributed by atoms with van der Waals surface area (Å²) in [5, 5.41) is 5.75. The number of benzene rings is 1. The van der Waals surface area contributed by atoms with E-state index in [1.165, 1.54) is 0 Å². The number of aryl methyl sites for hydroxylation is 1. The number of pyridine rings is 1. The molecule has 0 saturated heterocycles. The summed E-state index contributed by atoms with van der Waals surface area (Å²) in [6.07, 6.45) is 2.48. The van der Waals surface area contributed by atoms with Crippen LogP contribution >= 0.6 is 0 Å². The molecule has 102 valence electrons. The Balaban J connectivity index is 1.96. The number of aromatic nitrogens is 3. The third-order valence-electron chi connectivity index (χ3n) is 3.48. The van der Waals surface area contributed by atoms with Crippen LogP contribution in [0.5, 0.6) is 0 Å². The maximum Gasteiger partial charge on any atom is 0.0723 e. The summed E-state index contributed by atoms with van der Waals surface area (Å²) in [7, 11) is 1.96. The third kappa shape index (κ3) is 2.29. The Labute approximate surface area is 117 Å². The fourth-order valence-corrected chi connectivity index (χ4v) is 2.46. The van der Waals surface area contributed by atoms with Crippen LogP contribution in [0.2, 0.25) is 0 Å². The molecule has 0 fully saturated rings. The molecule has 3 aromatic rings. The highest BCUT2D eigenvalue weighted by molar-refractivity contribution is 5.81. The van der Waals surface area contributed by atoms with Crippen molar-refractivity contribution < 1.29 is 0 Å². The molecule has 3 rings (SSSR count). The summed E-state index contributed by atoms with van der Waals surface area (Å²) in [5.41, 5.74) is 5.90. The molecule has 0 spiro atoms. The zero-order valence-electron chi connectivity index (χ0n) is 11.3. The topological polar surface area (TPSA) is 68.8 Å². The minimum atomic E-state index is -0.0468. The van der Waals surface area contributed by atoms with E-state index in [4.69, 9.17) is 5.84 Å². The van der Waals surface area contributed by atoms with Gasteiger partial charge in [-0.1, -0.05) is 24.3 Å². The molecule has 5 heteroatoms. The second-order valence-electron chi connectivity index (χ2n) is 4.77. The smallest absolute Gasteiger partial charge is 0.0723 e. The normalized spacial score (nSPS) is 12.7. The first kappa shape index (κ1) is 12.8. The molecule has 0 amide bonds. The van der Waals surface area contributed by atoms with Crippen LogP contribution in [0, 0.1) is 0 Å². The second-order valence-corrected chi connectivity index (χ2v) is 4.77. The molecule has 2 heterocycles. The van der Waals surface area contributed by atoms with E-state index >= 15 is 0 Å². The number of hydrogen-bond donors (Lipinski definition) is 2. The molecule has 0 aliphatic rings. The van der Waals surface area contributed by atoms with Crippen LogP contribution in [-0.2, 0) is 13.5 Å². The minimum Gasteiger partial charge on any atom is -0.271 e. The van der Waals surface area contributed by atoms with Crippen LogP contribution in [-0.4, -0.2) is 14.8 Å². The van der Waals surface area contributed by atoms with E-state index in [2.05, 4.69) is 27.6 Å². The second kappa shape index (κ2) is 5.40. The molecule has 3 N–H and O–H groups in total. The number of para-hydroxylation sites is 1. The Morgan fingerprint density at radius 2 is 2.00 bits per heavy atom. The first-order chi connectivity index (χ1) is 9.79. The van der Waals surface area contributed by atoms with Crippen LogP contribution in [0.4, 0.5) is 0 Å². The van der Waals surface area contributed by atoms with E-state index in [1.807, 2.05) is 42.1 Å². The number of rotatable bonds is 4. The number of hydrogen-bond acceptors (Lipinski definition) is 4. The fraction of sp³-hybridized carbons (Fsp3) is 0.200. The predicted molar refractivity (Wildman–Crippen MR) is 78.7 cm³/mol. The van der Waals surface area contributed by atoms with Gasteiger partial charge in [0.25, 0.3) is 0 Å². The average molecular weight is 267 g/mol. The first-order valence-electron chi connectivity index (χ1n) is 6.57. The summed E-state index contributed by atoms with van der Waals surface area (Å²) in [6, 6.07) is 14.0. The number of fused-ring (bicyclic) bond motifs is 1. The molecule has 0 bridgehead atoms. The quantitative estimate of drug-likeness (QED) is 0.558. The van der Waals surface area contributed by atoms with Gasteiger partial charge >= 0.3 is 0 Å². The Morgan fingerprint density at radius 3 is 2.75 bits per heavy atom. The molecule has 20 heavy (non-hydrogen) atoms. The molecule has 1 unspecified atom stereocenters. The number of hydrazine groups is 1. The number of nitrogens with one attached hydrogen (secondary N) is 1. The molecule has 0 aliphatic carbocycles. The molecule has 1 atom stereocenters. The standard InChI is InChI=1S/C15H17N5/c1-20-15-8-3-2-6-11(15)13(19-20)10-14(18-16)12-7-4-5-9-17-12/h2-9,14,18H,10,16H2,1H3. The molecule has 0 radical (unpaired) electrons. The van der Waals surface area contributed by atoms with Crippen molar-refractivity contribution in [3.8, 4) is 0 Å². The Hall–Kier alpha value is -2.24. The molecular weight excluding hydrogens is 250 g/mol. The van der Waals surface area contributed by atoms with E-state index in [1.54, 1.807) is 6.20 Å². The third-order valence-corrected chi connectivity index (χ3v) is 3.48. The van der Waals surface area contributed by atoms with Gasteiger partial charge in [-0.25, -0.2) is 0 Å². The largest absolute Gasteiger partial charge is 0.271 e. The van der Waals surface area contributed by atoms with Crippen molar-refractivity contribution in [3.63, 3.8) is 0 Å². The van der Waals surface area contributed by atoms with Gasteiger partial charge in [-0.15, -0.1) is 0 Å². The average Bonchev–Trinajstić information content (AvgIpc) is 2.82. The summed E-state index contributed by atoms with van der Waals surface area (Å²) >= 11 is 0. The highest BCUT2D eigenvalue weighted by atomic mass is 15.3. The van der Waals surface area contributed by atoms with Crippen molar-refractivity contribution in [1.29, 1.82) is 0 Å². The van der Waals surface area contributed by atoms with Crippen molar-refractivity contribution in [2.24, 2.45) is 12.9 Å². The van der Waals surface area contributed by atoms with Crippen LogP contribution in [0.25, 0.3) is 10.9 Å². The fourth-order valence-electron chi connectivity index (χ4n) is 2.46. The maximum absolute atomic E-state index is 5.68. The SMILES string of the molecule is Cn1nc(CC(NN)c2ccccn2)c2ccccc21. The highest BCUT2D eigenvalue weighted by Gasteiger charge is 2.16. The maximum atomic E-state index is 5.68. The van der Waals surface area contributed by atoms with Crippen LogP contribution in [0.15, 0.2) is 48.7 Å². The van der Waals surface area contributed by atoms with E-state index in [0.717, 1.165) is 22.3 Å². The molecule has 0 aliphatic heterocycles. The zero-order chi connectivity index (χ0) is 13.9. The first-order valence-corrected chi connectivity index (χ1v) is 6.57. The van der Waals surface area contributed by atoms with Gasteiger partial charge in [0, 0.05) is 25.1 Å². The minimum absolute atomic E-state index is 0.0468.